The number of carboxylic acid groups (broad SMARTS) is 1. The Bertz CT molecular complexity index is 3170. The quantitative estimate of drug-likeness (QED) is 0.0781. The number of carboxylic acids is 1. The summed E-state index contributed by atoms with van der Waals surface area (Å²) in [6.45, 7) is 3.45. The number of fused-ring (bicyclic) bond motifs is 8. The Morgan fingerprint density at radius 2 is 1.73 bits per heavy atom. The standard InChI is InChI=1S/C44H35ClFN5O8S2.CH3.In/c1-3-51(4-2)18-19-57-34-15-14-31-36(39(34)45)32-22-27(46)12-13-30(32)40-37(31)38-42(48-24-49-43(38)60-40)59-35(44(52)53)21-25-8-5-6-11-33(25)58-23-28-16-17-47-41(50-28)26-9-7-10-29(20-26)61(54,55)56;;/h5-17,20,22,24,35H,1-4,18-19,21,23H2,(H,52,53)(H,54,55,56);1H3;/t35-;;/m1../s1. The fourth-order valence-corrected chi connectivity index (χ4v) is 15.4. The van der Waals surface area contributed by atoms with Gasteiger partial charge in [0, 0.05) is 18.2 Å². The van der Waals surface area contributed by atoms with Gasteiger partial charge in [-0.2, -0.15) is 8.42 Å². The first-order valence-electron chi connectivity index (χ1n) is 20.2. The molecule has 1 aliphatic heterocycles. The van der Waals surface area contributed by atoms with E-state index >= 15 is 0 Å². The van der Waals surface area contributed by atoms with Crippen LogP contribution in [0.15, 0.2) is 102 Å². The summed E-state index contributed by atoms with van der Waals surface area (Å²) in [6.07, 6.45) is 1.31. The molecule has 3 aromatic heterocycles. The number of aliphatic carboxylic acids is 1. The van der Waals surface area contributed by atoms with Crippen LogP contribution in [-0.2, 0) is 27.9 Å². The minimum absolute atomic E-state index is 0.0313. The van der Waals surface area contributed by atoms with Crippen LogP contribution in [0, 0.1) is 5.82 Å². The van der Waals surface area contributed by atoms with Crippen LogP contribution >= 0.6 is 22.9 Å². The fraction of sp³-hybridized carbons (Fsp3) is 0.222. The maximum atomic E-state index is 15.0. The third-order valence-electron chi connectivity index (χ3n) is 11.3. The van der Waals surface area contributed by atoms with Gasteiger partial charge in [0.2, 0.25) is 12.0 Å². The van der Waals surface area contributed by atoms with Gasteiger partial charge in [-0.3, -0.25) is 4.55 Å². The van der Waals surface area contributed by atoms with E-state index in [0.717, 1.165) is 29.7 Å². The molecule has 0 amide bonds. The van der Waals surface area contributed by atoms with Crippen LogP contribution in [0.2, 0.25) is 18.1 Å². The van der Waals surface area contributed by atoms with Gasteiger partial charge in [0.25, 0.3) is 10.1 Å². The molecule has 0 bridgehead atoms. The maximum absolute atomic E-state index is 15.0. The zero-order valence-electron chi connectivity index (χ0n) is 33.7. The van der Waals surface area contributed by atoms with Crippen molar-refractivity contribution in [2.45, 2.75) is 37.1 Å². The topological polar surface area (TPSA) is 174 Å². The average Bonchev–Trinajstić information content (AvgIpc) is 3.68. The van der Waals surface area contributed by atoms with Crippen LogP contribution in [0.3, 0.4) is 0 Å². The van der Waals surface area contributed by atoms with E-state index in [1.807, 2.05) is 12.1 Å². The van der Waals surface area contributed by atoms with Crippen molar-refractivity contribution in [1.29, 1.82) is 0 Å². The third kappa shape index (κ3) is 9.13. The molecule has 1 atom stereocenters. The van der Waals surface area contributed by atoms with Crippen molar-refractivity contribution < 1.29 is 41.5 Å². The summed E-state index contributed by atoms with van der Waals surface area (Å²) in [5.74, 6) is -0.498. The van der Waals surface area contributed by atoms with Gasteiger partial charge in [0.1, 0.15) is 23.5 Å². The molecule has 0 saturated carbocycles. The number of hydrogen-bond donors (Lipinski definition) is 2. The Morgan fingerprint density at radius 1 is 0.921 bits per heavy atom. The summed E-state index contributed by atoms with van der Waals surface area (Å²) in [4.78, 5) is 33.4. The van der Waals surface area contributed by atoms with Gasteiger partial charge < -0.3 is 14.6 Å². The number of benzene rings is 5. The van der Waals surface area contributed by atoms with Crippen molar-refractivity contribution in [2.75, 3.05) is 26.2 Å². The van der Waals surface area contributed by atoms with Crippen molar-refractivity contribution >= 4 is 102 Å². The fourth-order valence-electron chi connectivity index (χ4n) is 7.96. The molecule has 1 aliphatic rings. The van der Waals surface area contributed by atoms with Crippen LogP contribution in [0.4, 0.5) is 4.39 Å². The number of ether oxygens (including phenoxy) is 3. The number of nitrogens with zero attached hydrogens (tertiary/aromatic N) is 5. The summed E-state index contributed by atoms with van der Waals surface area (Å²) in [5, 5.41) is 14.7. The summed E-state index contributed by atoms with van der Waals surface area (Å²) < 4.78 is 72.7. The monoisotopic (exact) mass is 1010 g/mol. The molecule has 0 aliphatic carbocycles. The van der Waals surface area contributed by atoms with Crippen LogP contribution in [-0.4, -0.2) is 103 Å². The second kappa shape index (κ2) is 18.1. The van der Waals surface area contributed by atoms with Crippen molar-refractivity contribution in [2.24, 2.45) is 0 Å². The SMILES string of the molecule is [CH3][In]1[CH2]CN(CCOc2ccc3c(c2Cl)c2cc(F)ccc2c2sc4ncnc(O[C@H](Cc5ccccc5OCc5ccnc(-c6cccc(S(=O)(=O)O)c6)n5)C(=O)O)c4c32)C[CH2]1. The van der Waals surface area contributed by atoms with Gasteiger partial charge in [-0.15, -0.1) is 11.3 Å². The van der Waals surface area contributed by atoms with E-state index in [1.54, 1.807) is 42.5 Å². The predicted molar refractivity (Wildman–Crippen MR) is 242 cm³/mol. The van der Waals surface area contributed by atoms with E-state index in [-0.39, 0.29) is 29.6 Å². The molecule has 320 valence electrons. The minimum atomic E-state index is -4.44. The van der Waals surface area contributed by atoms with Crippen molar-refractivity contribution in [3.63, 3.8) is 0 Å². The van der Waals surface area contributed by atoms with Gasteiger partial charge in [0.05, 0.1) is 10.6 Å². The predicted octanol–water partition coefficient (Wildman–Crippen LogP) is 9.12. The molecule has 1 fully saturated rings. The summed E-state index contributed by atoms with van der Waals surface area (Å²) in [6, 6.07) is 22.5. The van der Waals surface area contributed by atoms with Crippen molar-refractivity contribution in [3.8, 4) is 28.8 Å². The Labute approximate surface area is 377 Å². The number of aromatic nitrogens is 4. The molecule has 18 heteroatoms. The molecular formula is C45H38ClFInN5O8S2. The molecule has 5 aromatic carbocycles. The van der Waals surface area contributed by atoms with E-state index in [2.05, 4.69) is 29.5 Å². The number of rotatable bonds is 14. The third-order valence-corrected chi connectivity index (χ3v) is 20.7. The Balaban J connectivity index is 1.02. The van der Waals surface area contributed by atoms with Crippen LogP contribution in [0.5, 0.6) is 17.4 Å². The second-order valence-corrected chi connectivity index (χ2v) is 27.9. The number of halogens is 2. The van der Waals surface area contributed by atoms with Gasteiger partial charge in [-0.1, -0.05) is 30.3 Å². The molecule has 9 rings (SSSR count). The Hall–Kier alpha value is -5.17. The summed E-state index contributed by atoms with van der Waals surface area (Å²) in [5.41, 5.74) is 1.37. The van der Waals surface area contributed by atoms with E-state index in [4.69, 9.17) is 25.8 Å². The number of hydrogen-bond acceptors (Lipinski definition) is 12. The summed E-state index contributed by atoms with van der Waals surface area (Å²) in [7, 11) is -4.44. The zero-order valence-corrected chi connectivity index (χ0v) is 39.4. The van der Waals surface area contributed by atoms with Gasteiger partial charge in [0.15, 0.2) is 5.82 Å². The summed E-state index contributed by atoms with van der Waals surface area (Å²) >= 11 is 7.29. The van der Waals surface area contributed by atoms with E-state index in [0.29, 0.717) is 71.7 Å². The number of thiophene rings is 1. The normalized spacial score (nSPS) is 14.1. The second-order valence-electron chi connectivity index (χ2n) is 15.4. The molecule has 8 aromatic rings. The van der Waals surface area contributed by atoms with Gasteiger partial charge in [-0.25, -0.2) is 29.1 Å². The zero-order chi connectivity index (χ0) is 43.8. The molecule has 0 unspecified atom stereocenters. The van der Waals surface area contributed by atoms with Crippen molar-refractivity contribution in [3.05, 3.63) is 120 Å². The van der Waals surface area contributed by atoms with E-state index < -0.39 is 49.4 Å². The average molecular weight is 1010 g/mol. The van der Waals surface area contributed by atoms with Gasteiger partial charge in [-0.05, 0) is 35.9 Å². The molecule has 2 N–H and O–H groups in total. The molecule has 4 heterocycles. The number of para-hydroxylation sites is 1. The first-order valence-corrected chi connectivity index (χ1v) is 30.8. The van der Waals surface area contributed by atoms with Crippen LogP contribution in [0.25, 0.3) is 53.2 Å². The van der Waals surface area contributed by atoms with Crippen molar-refractivity contribution in [1.82, 2.24) is 24.8 Å². The molecule has 1 saturated heterocycles. The first kappa shape index (κ1) is 43.1. The first-order chi connectivity index (χ1) is 30.4. The molecule has 0 spiro atoms. The molecule has 0 radical (unpaired) electrons. The molecule has 13 nitrogen and oxygen atoms in total. The number of carbonyl (C=O) groups is 1. The Kier molecular flexibility index (Phi) is 12.4. The van der Waals surface area contributed by atoms with Crippen LogP contribution in [0.1, 0.15) is 11.3 Å². The van der Waals surface area contributed by atoms with E-state index in [1.165, 1.54) is 62.5 Å². The molecular weight excluding hydrogens is 972 g/mol. The van der Waals surface area contributed by atoms with Crippen LogP contribution < -0.4 is 14.2 Å². The van der Waals surface area contributed by atoms with E-state index in [9.17, 15) is 27.3 Å². The van der Waals surface area contributed by atoms with Gasteiger partial charge >= 0.3 is 166 Å². The Morgan fingerprint density at radius 3 is 2.54 bits per heavy atom. The molecule has 63 heavy (non-hydrogen) atoms.